The summed E-state index contributed by atoms with van der Waals surface area (Å²) < 4.78 is 2.08. The maximum Gasteiger partial charge on any atom is 0.269 e. The van der Waals surface area contributed by atoms with Gasteiger partial charge in [0.15, 0.2) is 12.7 Å². The van der Waals surface area contributed by atoms with Gasteiger partial charge >= 0.3 is 0 Å². The zero-order valence-electron chi connectivity index (χ0n) is 12.1. The Kier molecular flexibility index (Phi) is 5.57. The average Bonchev–Trinajstić information content (AvgIpc) is 2.53. The Hall–Kier alpha value is -2.79. The number of nitrogens with two attached hydrogens (primary N) is 1. The molecule has 0 amide bonds. The highest BCUT2D eigenvalue weighted by Gasteiger charge is 2.03. The van der Waals surface area contributed by atoms with Gasteiger partial charge < -0.3 is 5.73 Å². The number of allylic oxidation sites excluding steroid dienone is 2. The third-order valence-electron chi connectivity index (χ3n) is 3.12. The van der Waals surface area contributed by atoms with Crippen molar-refractivity contribution in [1.29, 1.82) is 0 Å². The quantitative estimate of drug-likeness (QED) is 0.385. The van der Waals surface area contributed by atoms with Gasteiger partial charge in [-0.2, -0.15) is 4.57 Å². The SMILES string of the molecule is NCC[n+]1ccccc1/C=C/C=C/c1ccc([N+](=O)[O-])cc1. The summed E-state index contributed by atoms with van der Waals surface area (Å²) in [4.78, 5) is 10.2. The molecule has 0 fully saturated rings. The second-order valence-corrected chi connectivity index (χ2v) is 4.67. The van der Waals surface area contributed by atoms with Crippen molar-refractivity contribution in [2.24, 2.45) is 5.73 Å². The highest BCUT2D eigenvalue weighted by molar-refractivity contribution is 5.56. The van der Waals surface area contributed by atoms with Crippen LogP contribution in [0.5, 0.6) is 0 Å². The first-order chi connectivity index (χ1) is 10.7. The normalized spacial score (nSPS) is 11.3. The van der Waals surface area contributed by atoms with Gasteiger partial charge in [-0.3, -0.25) is 10.1 Å². The molecule has 112 valence electrons. The lowest BCUT2D eigenvalue weighted by Gasteiger charge is -1.97. The lowest BCUT2D eigenvalue weighted by atomic mass is 10.2. The number of non-ortho nitro benzene ring substituents is 1. The molecule has 0 aliphatic heterocycles. The predicted molar refractivity (Wildman–Crippen MR) is 86.9 cm³/mol. The Balaban J connectivity index is 2.04. The van der Waals surface area contributed by atoms with Crippen LogP contribution in [0.25, 0.3) is 12.2 Å². The summed E-state index contributed by atoms with van der Waals surface area (Å²) in [5.41, 5.74) is 7.67. The molecule has 0 spiro atoms. The van der Waals surface area contributed by atoms with E-state index in [9.17, 15) is 10.1 Å². The summed E-state index contributed by atoms with van der Waals surface area (Å²) in [6.45, 7) is 1.36. The van der Waals surface area contributed by atoms with Crippen molar-refractivity contribution in [3.05, 3.63) is 82.2 Å². The highest BCUT2D eigenvalue weighted by Crippen LogP contribution is 2.12. The Morgan fingerprint density at radius 3 is 2.50 bits per heavy atom. The molecule has 0 unspecified atom stereocenters. The molecule has 2 aromatic rings. The number of benzene rings is 1. The largest absolute Gasteiger partial charge is 0.325 e. The van der Waals surface area contributed by atoms with Crippen LogP contribution >= 0.6 is 0 Å². The molecule has 0 aliphatic rings. The Morgan fingerprint density at radius 1 is 1.09 bits per heavy atom. The molecular formula is C17H18N3O2+. The molecule has 1 aromatic carbocycles. The van der Waals surface area contributed by atoms with Gasteiger partial charge in [0.25, 0.3) is 5.69 Å². The lowest BCUT2D eigenvalue weighted by molar-refractivity contribution is -0.696. The van der Waals surface area contributed by atoms with Crippen LogP contribution in [0.4, 0.5) is 5.69 Å². The first-order valence-electron chi connectivity index (χ1n) is 6.98. The molecular weight excluding hydrogens is 278 g/mol. The smallest absolute Gasteiger partial charge is 0.269 e. The fourth-order valence-corrected chi connectivity index (χ4v) is 2.01. The van der Waals surface area contributed by atoms with Crippen LogP contribution < -0.4 is 10.3 Å². The van der Waals surface area contributed by atoms with Crippen LogP contribution in [0, 0.1) is 10.1 Å². The van der Waals surface area contributed by atoms with Gasteiger partial charge in [-0.25, -0.2) is 0 Å². The van der Waals surface area contributed by atoms with Gasteiger partial charge in [0.2, 0.25) is 5.69 Å². The zero-order valence-corrected chi connectivity index (χ0v) is 12.1. The zero-order chi connectivity index (χ0) is 15.8. The molecule has 0 saturated carbocycles. The number of aromatic nitrogens is 1. The molecule has 22 heavy (non-hydrogen) atoms. The molecule has 1 aromatic heterocycles. The molecule has 0 bridgehead atoms. The topological polar surface area (TPSA) is 73.0 Å². The third kappa shape index (κ3) is 4.36. The van der Waals surface area contributed by atoms with E-state index in [1.807, 2.05) is 48.7 Å². The number of pyridine rings is 1. The van der Waals surface area contributed by atoms with Crippen molar-refractivity contribution in [1.82, 2.24) is 0 Å². The summed E-state index contributed by atoms with van der Waals surface area (Å²) in [6.07, 6.45) is 9.73. The van der Waals surface area contributed by atoms with Crippen LogP contribution in [0.3, 0.4) is 0 Å². The second-order valence-electron chi connectivity index (χ2n) is 4.67. The van der Waals surface area contributed by atoms with E-state index in [2.05, 4.69) is 4.57 Å². The van der Waals surface area contributed by atoms with E-state index in [1.165, 1.54) is 12.1 Å². The standard InChI is InChI=1S/C17H18N3O2/c18-12-14-19-13-4-3-7-16(19)6-2-1-5-15-8-10-17(11-9-15)20(21)22/h1-11,13H,12,14,18H2/q+1/b5-1+,6-2+. The van der Waals surface area contributed by atoms with Gasteiger partial charge in [-0.1, -0.05) is 18.2 Å². The van der Waals surface area contributed by atoms with E-state index in [0.29, 0.717) is 6.54 Å². The van der Waals surface area contributed by atoms with Crippen LogP contribution in [0.1, 0.15) is 11.3 Å². The first-order valence-corrected chi connectivity index (χ1v) is 6.98. The van der Waals surface area contributed by atoms with Crippen molar-refractivity contribution >= 4 is 17.8 Å². The van der Waals surface area contributed by atoms with Gasteiger partial charge in [0.05, 0.1) is 11.5 Å². The second kappa shape index (κ2) is 7.85. The maximum atomic E-state index is 10.6. The van der Waals surface area contributed by atoms with E-state index in [0.717, 1.165) is 17.8 Å². The summed E-state index contributed by atoms with van der Waals surface area (Å²) in [7, 11) is 0. The van der Waals surface area contributed by atoms with Crippen molar-refractivity contribution < 1.29 is 9.49 Å². The minimum Gasteiger partial charge on any atom is -0.325 e. The predicted octanol–water partition coefficient (Wildman–Crippen LogP) is 2.57. The fraction of sp³-hybridized carbons (Fsp3) is 0.118. The molecule has 2 rings (SSSR count). The summed E-state index contributed by atoms with van der Waals surface area (Å²) in [5.74, 6) is 0. The van der Waals surface area contributed by atoms with Crippen molar-refractivity contribution in [3.8, 4) is 0 Å². The lowest BCUT2D eigenvalue weighted by Crippen LogP contribution is -2.39. The number of hydrogen-bond donors (Lipinski definition) is 1. The Morgan fingerprint density at radius 2 is 1.82 bits per heavy atom. The molecule has 0 radical (unpaired) electrons. The summed E-state index contributed by atoms with van der Waals surface area (Å²) >= 11 is 0. The maximum absolute atomic E-state index is 10.6. The van der Waals surface area contributed by atoms with Crippen molar-refractivity contribution in [2.75, 3.05) is 6.54 Å². The number of rotatable bonds is 6. The molecule has 5 heteroatoms. The first kappa shape index (κ1) is 15.6. The molecule has 2 N–H and O–H groups in total. The molecule has 0 aliphatic carbocycles. The summed E-state index contributed by atoms with van der Waals surface area (Å²) in [6, 6.07) is 12.4. The molecule has 5 nitrogen and oxygen atoms in total. The van der Waals surface area contributed by atoms with Gasteiger partial charge in [-0.15, -0.1) is 0 Å². The van der Waals surface area contributed by atoms with Crippen LogP contribution in [0.2, 0.25) is 0 Å². The van der Waals surface area contributed by atoms with E-state index in [-0.39, 0.29) is 5.69 Å². The number of nitro groups is 1. The molecule has 1 heterocycles. The summed E-state index contributed by atoms with van der Waals surface area (Å²) in [5, 5.41) is 10.6. The molecule has 0 saturated heterocycles. The van der Waals surface area contributed by atoms with Crippen molar-refractivity contribution in [3.63, 3.8) is 0 Å². The van der Waals surface area contributed by atoms with Gasteiger partial charge in [0, 0.05) is 30.3 Å². The average molecular weight is 296 g/mol. The number of nitrogens with zero attached hydrogens (tertiary/aromatic N) is 2. The van der Waals surface area contributed by atoms with Crippen LogP contribution in [-0.2, 0) is 6.54 Å². The Bertz CT molecular complexity index is 691. The number of hydrogen-bond acceptors (Lipinski definition) is 3. The van der Waals surface area contributed by atoms with Crippen LogP contribution in [0.15, 0.2) is 60.8 Å². The number of nitro benzene ring substituents is 1. The fourth-order valence-electron chi connectivity index (χ4n) is 2.01. The minimum absolute atomic E-state index is 0.0970. The highest BCUT2D eigenvalue weighted by atomic mass is 16.6. The van der Waals surface area contributed by atoms with E-state index < -0.39 is 4.92 Å². The minimum atomic E-state index is -0.404. The molecule has 0 atom stereocenters. The van der Waals surface area contributed by atoms with Gasteiger partial charge in [0.1, 0.15) is 0 Å². The third-order valence-corrected chi connectivity index (χ3v) is 3.12. The van der Waals surface area contributed by atoms with Crippen molar-refractivity contribution in [2.45, 2.75) is 6.54 Å². The Labute approximate surface area is 129 Å². The van der Waals surface area contributed by atoms with E-state index >= 15 is 0 Å². The van der Waals surface area contributed by atoms with E-state index in [1.54, 1.807) is 12.1 Å². The van der Waals surface area contributed by atoms with E-state index in [4.69, 9.17) is 5.73 Å². The van der Waals surface area contributed by atoms with Gasteiger partial charge in [-0.05, 0) is 23.8 Å². The monoisotopic (exact) mass is 296 g/mol. The van der Waals surface area contributed by atoms with Crippen LogP contribution in [-0.4, -0.2) is 11.5 Å².